The number of rotatable bonds is 5. The first kappa shape index (κ1) is 18.1. The van der Waals surface area contributed by atoms with E-state index in [1.807, 2.05) is 0 Å². The van der Waals surface area contributed by atoms with Gasteiger partial charge in [0.05, 0.1) is 24.9 Å². The van der Waals surface area contributed by atoms with Gasteiger partial charge >= 0.3 is 0 Å². The normalized spacial score (nSPS) is 14.1. The zero-order chi connectivity index (χ0) is 18.8. The predicted octanol–water partition coefficient (Wildman–Crippen LogP) is 3.79. The Kier molecular flexibility index (Phi) is 5.06. The van der Waals surface area contributed by atoms with Crippen molar-refractivity contribution in [2.75, 3.05) is 24.4 Å². The summed E-state index contributed by atoms with van der Waals surface area (Å²) in [5.41, 5.74) is 0.767. The van der Waals surface area contributed by atoms with E-state index in [0.717, 1.165) is 4.90 Å². The first-order chi connectivity index (χ1) is 12.5. The Bertz CT molecular complexity index is 927. The number of halogens is 2. The van der Waals surface area contributed by atoms with Crippen LogP contribution in [0, 0.1) is 0 Å². The first-order valence-corrected chi connectivity index (χ1v) is 8.25. The maximum Gasteiger partial charge on any atom is 0.283 e. The minimum absolute atomic E-state index is 0.0381. The van der Waals surface area contributed by atoms with E-state index in [9.17, 15) is 9.59 Å². The molecule has 2 aromatic rings. The van der Waals surface area contributed by atoms with Gasteiger partial charge in [-0.15, -0.1) is 0 Å². The van der Waals surface area contributed by atoms with Crippen LogP contribution in [-0.4, -0.2) is 26.0 Å². The molecule has 3 rings (SSSR count). The van der Waals surface area contributed by atoms with Crippen LogP contribution in [0.5, 0.6) is 11.5 Å². The first-order valence-electron chi connectivity index (χ1n) is 7.50. The lowest BCUT2D eigenvalue weighted by Crippen LogP contribution is -2.32. The van der Waals surface area contributed by atoms with Crippen LogP contribution >= 0.6 is 23.2 Å². The summed E-state index contributed by atoms with van der Waals surface area (Å²) in [6.45, 7) is 0. The van der Waals surface area contributed by atoms with Gasteiger partial charge in [-0.2, -0.15) is 0 Å². The van der Waals surface area contributed by atoms with E-state index >= 15 is 0 Å². The van der Waals surface area contributed by atoms with Crippen molar-refractivity contribution in [3.63, 3.8) is 0 Å². The zero-order valence-electron chi connectivity index (χ0n) is 13.9. The number of anilines is 2. The number of carbonyl (C=O) groups is 2. The highest BCUT2D eigenvalue weighted by atomic mass is 35.5. The SMILES string of the molecule is COc1ccc(NC2=C(Cl)C(=O)N(c3ccccc3OC)C2=O)cc1Cl. The van der Waals surface area contributed by atoms with Crippen molar-refractivity contribution in [2.24, 2.45) is 0 Å². The average molecular weight is 393 g/mol. The molecule has 0 spiro atoms. The van der Waals surface area contributed by atoms with Gasteiger partial charge in [-0.1, -0.05) is 35.3 Å². The number of nitrogens with zero attached hydrogens (tertiary/aromatic N) is 1. The molecule has 2 aromatic carbocycles. The van der Waals surface area contributed by atoms with Crippen LogP contribution in [-0.2, 0) is 9.59 Å². The highest BCUT2D eigenvalue weighted by molar-refractivity contribution is 6.53. The average Bonchev–Trinajstić information content (AvgIpc) is 2.85. The van der Waals surface area contributed by atoms with Gasteiger partial charge in [0.15, 0.2) is 0 Å². The summed E-state index contributed by atoms with van der Waals surface area (Å²) in [5.74, 6) is -0.353. The van der Waals surface area contributed by atoms with E-state index in [1.54, 1.807) is 42.5 Å². The van der Waals surface area contributed by atoms with Crippen molar-refractivity contribution in [1.82, 2.24) is 0 Å². The lowest BCUT2D eigenvalue weighted by atomic mass is 10.2. The molecule has 0 radical (unpaired) electrons. The summed E-state index contributed by atoms with van der Waals surface area (Å²) in [7, 11) is 2.95. The lowest BCUT2D eigenvalue weighted by Gasteiger charge is -2.18. The molecule has 0 saturated heterocycles. The molecule has 26 heavy (non-hydrogen) atoms. The quantitative estimate of drug-likeness (QED) is 0.783. The standard InChI is InChI=1S/C18H14Cl2N2O4/c1-25-13-8-7-10(9-11(13)19)21-16-15(20)17(23)22(18(16)24)12-5-3-4-6-14(12)26-2/h3-9,21H,1-2H3. The van der Waals surface area contributed by atoms with Crippen LogP contribution in [0.2, 0.25) is 5.02 Å². The molecule has 134 valence electrons. The van der Waals surface area contributed by atoms with E-state index in [1.165, 1.54) is 14.2 Å². The monoisotopic (exact) mass is 392 g/mol. The summed E-state index contributed by atoms with van der Waals surface area (Å²) < 4.78 is 10.3. The highest BCUT2D eigenvalue weighted by Crippen LogP contribution is 2.36. The molecule has 1 heterocycles. The van der Waals surface area contributed by atoms with E-state index < -0.39 is 11.8 Å². The Morgan fingerprint density at radius 2 is 1.62 bits per heavy atom. The molecule has 8 heteroatoms. The van der Waals surface area contributed by atoms with Crippen LogP contribution in [0.1, 0.15) is 0 Å². The molecule has 0 saturated carbocycles. The fourth-order valence-electron chi connectivity index (χ4n) is 2.53. The molecular formula is C18H14Cl2N2O4. The van der Waals surface area contributed by atoms with E-state index in [2.05, 4.69) is 5.32 Å². The molecular weight excluding hydrogens is 379 g/mol. The summed E-state index contributed by atoms with van der Waals surface area (Å²) in [6.07, 6.45) is 0. The van der Waals surface area contributed by atoms with Crippen molar-refractivity contribution in [1.29, 1.82) is 0 Å². The molecule has 0 aromatic heterocycles. The number of carbonyl (C=O) groups excluding carboxylic acids is 2. The van der Waals surface area contributed by atoms with Gasteiger partial charge in [-0.05, 0) is 30.3 Å². The van der Waals surface area contributed by atoms with Crippen molar-refractivity contribution in [2.45, 2.75) is 0 Å². The molecule has 1 aliphatic rings. The van der Waals surface area contributed by atoms with Crippen LogP contribution in [0.15, 0.2) is 53.2 Å². The van der Waals surface area contributed by atoms with Gasteiger partial charge in [0.2, 0.25) is 0 Å². The third-order valence-electron chi connectivity index (χ3n) is 3.77. The molecule has 0 atom stereocenters. The van der Waals surface area contributed by atoms with Gasteiger partial charge in [-0.3, -0.25) is 9.59 Å². The van der Waals surface area contributed by atoms with Crippen LogP contribution in [0.3, 0.4) is 0 Å². The number of imide groups is 1. The number of hydrogen-bond donors (Lipinski definition) is 1. The Morgan fingerprint density at radius 3 is 2.27 bits per heavy atom. The maximum absolute atomic E-state index is 12.8. The second-order valence-electron chi connectivity index (χ2n) is 5.28. The Labute approximate surface area is 159 Å². The van der Waals surface area contributed by atoms with Gasteiger partial charge in [0, 0.05) is 5.69 Å². The number of nitrogens with one attached hydrogen (secondary N) is 1. The van der Waals surface area contributed by atoms with Crippen molar-refractivity contribution in [3.05, 3.63) is 58.2 Å². The second kappa shape index (κ2) is 7.27. The van der Waals surface area contributed by atoms with Crippen LogP contribution < -0.4 is 19.7 Å². The Hall–Kier alpha value is -2.70. The predicted molar refractivity (Wildman–Crippen MR) is 100.0 cm³/mol. The minimum Gasteiger partial charge on any atom is -0.495 e. The van der Waals surface area contributed by atoms with Gasteiger partial charge in [-0.25, -0.2) is 4.90 Å². The van der Waals surface area contributed by atoms with Crippen LogP contribution in [0.4, 0.5) is 11.4 Å². The van der Waals surface area contributed by atoms with Crippen molar-refractivity contribution >= 4 is 46.4 Å². The number of amides is 2. The summed E-state index contributed by atoms with van der Waals surface area (Å²) in [5, 5.41) is 2.99. The number of methoxy groups -OCH3 is 2. The fraction of sp³-hybridized carbons (Fsp3) is 0.111. The zero-order valence-corrected chi connectivity index (χ0v) is 15.4. The smallest absolute Gasteiger partial charge is 0.283 e. The van der Waals surface area contributed by atoms with Gasteiger partial charge in [0.25, 0.3) is 11.8 Å². The highest BCUT2D eigenvalue weighted by Gasteiger charge is 2.40. The molecule has 1 aliphatic heterocycles. The van der Waals surface area contributed by atoms with Crippen molar-refractivity contribution < 1.29 is 19.1 Å². The second-order valence-corrected chi connectivity index (χ2v) is 6.07. The number of para-hydroxylation sites is 2. The maximum atomic E-state index is 12.8. The summed E-state index contributed by atoms with van der Waals surface area (Å²) in [6, 6.07) is 11.6. The Balaban J connectivity index is 1.93. The van der Waals surface area contributed by atoms with Gasteiger partial charge in [0.1, 0.15) is 22.2 Å². The largest absolute Gasteiger partial charge is 0.495 e. The van der Waals surface area contributed by atoms with Gasteiger partial charge < -0.3 is 14.8 Å². The summed E-state index contributed by atoms with van der Waals surface area (Å²) in [4.78, 5) is 26.3. The molecule has 0 unspecified atom stereocenters. The topological polar surface area (TPSA) is 67.9 Å². The molecule has 0 bridgehead atoms. The van der Waals surface area contributed by atoms with E-state index in [4.69, 9.17) is 32.7 Å². The third-order valence-corrected chi connectivity index (χ3v) is 4.42. The Morgan fingerprint density at radius 1 is 0.923 bits per heavy atom. The molecule has 0 fully saturated rings. The van der Waals surface area contributed by atoms with Crippen molar-refractivity contribution in [3.8, 4) is 11.5 Å². The third kappa shape index (κ3) is 3.09. The minimum atomic E-state index is -0.636. The van der Waals surface area contributed by atoms with Crippen LogP contribution in [0.25, 0.3) is 0 Å². The molecule has 6 nitrogen and oxygen atoms in total. The number of hydrogen-bond acceptors (Lipinski definition) is 5. The van der Waals surface area contributed by atoms with E-state index in [-0.39, 0.29) is 10.7 Å². The summed E-state index contributed by atoms with van der Waals surface area (Å²) >= 11 is 12.2. The van der Waals surface area contributed by atoms with E-state index in [0.29, 0.717) is 27.9 Å². The fourth-order valence-corrected chi connectivity index (χ4v) is 3.00. The molecule has 1 N–H and O–H groups in total. The molecule has 0 aliphatic carbocycles. The number of benzene rings is 2. The lowest BCUT2D eigenvalue weighted by molar-refractivity contribution is -0.120. The molecule has 2 amide bonds. The number of ether oxygens (including phenoxy) is 2.